The molecule has 5 nitrogen and oxygen atoms in total. The number of aryl methyl sites for hydroxylation is 1. The van der Waals surface area contributed by atoms with Gasteiger partial charge in [0.1, 0.15) is 0 Å². The van der Waals surface area contributed by atoms with Crippen molar-refractivity contribution in [3.8, 4) is 11.4 Å². The van der Waals surface area contributed by atoms with E-state index in [9.17, 15) is 0 Å². The quantitative estimate of drug-likeness (QED) is 0.347. The first-order valence-corrected chi connectivity index (χ1v) is 12.2. The molecule has 1 unspecified atom stereocenters. The predicted octanol–water partition coefficient (Wildman–Crippen LogP) is 6.01. The molecule has 0 saturated heterocycles. The highest BCUT2D eigenvalue weighted by Crippen LogP contribution is 2.37. The first kappa shape index (κ1) is 21.6. The average Bonchev–Trinajstić information content (AvgIpc) is 3.52. The third kappa shape index (κ3) is 4.47. The molecule has 5 rings (SSSR count). The summed E-state index contributed by atoms with van der Waals surface area (Å²) in [5, 5.41) is 10.6. The average molecular weight is 473 g/mol. The summed E-state index contributed by atoms with van der Waals surface area (Å²) in [5.74, 6) is 1.09. The summed E-state index contributed by atoms with van der Waals surface area (Å²) in [6.45, 7) is 4.92. The molecule has 2 aromatic carbocycles. The molecule has 1 N–H and O–H groups in total. The van der Waals surface area contributed by atoms with Crippen LogP contribution in [0.5, 0.6) is 0 Å². The zero-order valence-electron chi connectivity index (χ0n) is 18.5. The maximum absolute atomic E-state index is 5.83. The first-order valence-electron chi connectivity index (χ1n) is 10.9. The first-order chi connectivity index (χ1) is 16.1. The molecular weight excluding hydrogens is 448 g/mol. The summed E-state index contributed by atoms with van der Waals surface area (Å²) in [6, 6.07) is 22.4. The van der Waals surface area contributed by atoms with Crippen LogP contribution in [-0.4, -0.2) is 26.7 Å². The molecule has 1 aliphatic rings. The number of benzene rings is 2. The lowest BCUT2D eigenvalue weighted by Crippen LogP contribution is -2.46. The number of nitrogens with zero attached hydrogens (tertiary/aromatic N) is 3. The van der Waals surface area contributed by atoms with Gasteiger partial charge in [-0.15, -0.1) is 11.3 Å². The lowest BCUT2D eigenvalue weighted by Gasteiger charge is -2.37. The van der Waals surface area contributed by atoms with Gasteiger partial charge in [-0.3, -0.25) is 0 Å². The van der Waals surface area contributed by atoms with Gasteiger partial charge >= 0.3 is 0 Å². The van der Waals surface area contributed by atoms with Crippen LogP contribution in [0.1, 0.15) is 34.9 Å². The largest absolute Gasteiger partial charge is 0.351 e. The molecule has 0 fully saturated rings. The second-order valence-electron chi connectivity index (χ2n) is 8.07. The van der Waals surface area contributed by atoms with Crippen molar-refractivity contribution in [2.24, 2.45) is 0 Å². The predicted molar refractivity (Wildman–Crippen MR) is 137 cm³/mol. The van der Waals surface area contributed by atoms with Crippen LogP contribution in [0.25, 0.3) is 17.0 Å². The number of hydrogen-bond donors (Lipinski definition) is 1. The lowest BCUT2D eigenvalue weighted by molar-refractivity contribution is 0.397. The van der Waals surface area contributed by atoms with Gasteiger partial charge in [0.25, 0.3) is 5.89 Å². The number of nitrogens with one attached hydrogen (secondary N) is 1. The third-order valence-electron chi connectivity index (χ3n) is 5.82. The zero-order chi connectivity index (χ0) is 22.8. The SMILES string of the molecule is CC1=C(c2nc(-c3cccc(C)c3)no2)C(c2ccccc2)NC(=S)N1CCc1cccs1. The van der Waals surface area contributed by atoms with Gasteiger partial charge in [0.15, 0.2) is 5.11 Å². The number of rotatable bonds is 6. The number of thiophene rings is 1. The molecule has 1 aliphatic heterocycles. The van der Waals surface area contributed by atoms with E-state index in [0.717, 1.165) is 40.9 Å². The maximum Gasteiger partial charge on any atom is 0.258 e. The molecule has 7 heteroatoms. The lowest BCUT2D eigenvalue weighted by atomic mass is 9.95. The number of aromatic nitrogens is 2. The Balaban J connectivity index is 1.55. The Kier molecular flexibility index (Phi) is 6.07. The van der Waals surface area contributed by atoms with E-state index >= 15 is 0 Å². The molecule has 0 aliphatic carbocycles. The van der Waals surface area contributed by atoms with E-state index in [1.807, 2.05) is 30.3 Å². The second-order valence-corrected chi connectivity index (χ2v) is 9.48. The van der Waals surface area contributed by atoms with Gasteiger partial charge < -0.3 is 14.7 Å². The Morgan fingerprint density at radius 3 is 2.67 bits per heavy atom. The van der Waals surface area contributed by atoms with Crippen LogP contribution >= 0.6 is 23.6 Å². The van der Waals surface area contributed by atoms with Crippen molar-refractivity contribution in [2.45, 2.75) is 26.3 Å². The van der Waals surface area contributed by atoms with E-state index in [1.165, 1.54) is 4.88 Å². The Bertz CT molecular complexity index is 1290. The number of hydrogen-bond acceptors (Lipinski definition) is 5. The fraction of sp³-hybridized carbons (Fsp3) is 0.192. The fourth-order valence-corrected chi connectivity index (χ4v) is 5.18. The summed E-state index contributed by atoms with van der Waals surface area (Å²) in [4.78, 5) is 8.27. The van der Waals surface area contributed by atoms with E-state index in [2.05, 4.69) is 71.0 Å². The van der Waals surface area contributed by atoms with Crippen LogP contribution in [0.4, 0.5) is 0 Å². The maximum atomic E-state index is 5.83. The summed E-state index contributed by atoms with van der Waals surface area (Å²) >= 11 is 7.56. The third-order valence-corrected chi connectivity index (χ3v) is 7.10. The zero-order valence-corrected chi connectivity index (χ0v) is 20.1. The summed E-state index contributed by atoms with van der Waals surface area (Å²) < 4.78 is 5.83. The minimum Gasteiger partial charge on any atom is -0.351 e. The van der Waals surface area contributed by atoms with Gasteiger partial charge in [-0.05, 0) is 55.6 Å². The van der Waals surface area contributed by atoms with Gasteiger partial charge in [-0.2, -0.15) is 4.98 Å². The van der Waals surface area contributed by atoms with Gasteiger partial charge in [-0.1, -0.05) is 65.3 Å². The molecule has 3 heterocycles. The van der Waals surface area contributed by atoms with Crippen LogP contribution in [0.2, 0.25) is 0 Å². The minimum atomic E-state index is -0.164. The molecule has 2 aromatic heterocycles. The van der Waals surface area contributed by atoms with Crippen LogP contribution < -0.4 is 5.32 Å². The van der Waals surface area contributed by atoms with E-state index in [0.29, 0.717) is 16.8 Å². The molecule has 0 bridgehead atoms. The molecule has 0 saturated carbocycles. The summed E-state index contributed by atoms with van der Waals surface area (Å²) in [5.41, 5.74) is 5.17. The smallest absolute Gasteiger partial charge is 0.258 e. The number of thiocarbonyl (C=S) groups is 1. The topological polar surface area (TPSA) is 54.2 Å². The second kappa shape index (κ2) is 9.29. The van der Waals surface area contributed by atoms with Gasteiger partial charge in [0.2, 0.25) is 5.82 Å². The summed E-state index contributed by atoms with van der Waals surface area (Å²) in [6.07, 6.45) is 0.915. The molecule has 0 radical (unpaired) electrons. The van der Waals surface area contributed by atoms with Crippen molar-refractivity contribution in [2.75, 3.05) is 6.54 Å². The minimum absolute atomic E-state index is 0.164. The van der Waals surface area contributed by atoms with Gasteiger partial charge in [-0.25, -0.2) is 0 Å². The van der Waals surface area contributed by atoms with Crippen LogP contribution in [0, 0.1) is 6.92 Å². The molecule has 0 amide bonds. The van der Waals surface area contributed by atoms with Crippen molar-refractivity contribution < 1.29 is 4.52 Å². The molecule has 0 spiro atoms. The highest BCUT2D eigenvalue weighted by atomic mass is 32.1. The van der Waals surface area contributed by atoms with E-state index < -0.39 is 0 Å². The standard InChI is InChI=1S/C26H24N4OS2/c1-17-8-6-11-20(16-17)24-28-25(31-29-24)22-18(2)30(14-13-21-12-7-15-33-21)26(32)27-23(22)19-9-4-3-5-10-19/h3-12,15-16,23H,13-14H2,1-2H3,(H,27,32). The molecule has 4 aromatic rings. The Hall–Kier alpha value is -3.29. The highest BCUT2D eigenvalue weighted by molar-refractivity contribution is 7.80. The van der Waals surface area contributed by atoms with Crippen LogP contribution in [0.15, 0.2) is 82.3 Å². The Labute approximate surface area is 202 Å². The Morgan fingerprint density at radius 1 is 1.06 bits per heavy atom. The highest BCUT2D eigenvalue weighted by Gasteiger charge is 2.33. The normalized spacial score (nSPS) is 16.2. The van der Waals surface area contributed by atoms with E-state index in [1.54, 1.807) is 11.3 Å². The Morgan fingerprint density at radius 2 is 1.91 bits per heavy atom. The van der Waals surface area contributed by atoms with Crippen LogP contribution in [-0.2, 0) is 6.42 Å². The van der Waals surface area contributed by atoms with Crippen molar-refractivity contribution in [1.82, 2.24) is 20.4 Å². The summed E-state index contributed by atoms with van der Waals surface area (Å²) in [7, 11) is 0. The molecule has 166 valence electrons. The van der Waals surface area contributed by atoms with Crippen molar-refractivity contribution in [3.63, 3.8) is 0 Å². The molecule has 33 heavy (non-hydrogen) atoms. The van der Waals surface area contributed by atoms with Gasteiger partial charge in [0, 0.05) is 22.7 Å². The number of allylic oxidation sites excluding steroid dienone is 1. The molecular formula is C26H24N4OS2. The van der Waals surface area contributed by atoms with Gasteiger partial charge in [0.05, 0.1) is 11.6 Å². The van der Waals surface area contributed by atoms with Crippen molar-refractivity contribution in [3.05, 3.63) is 99.7 Å². The monoisotopic (exact) mass is 472 g/mol. The van der Waals surface area contributed by atoms with Crippen molar-refractivity contribution >= 4 is 34.2 Å². The van der Waals surface area contributed by atoms with E-state index in [-0.39, 0.29) is 6.04 Å². The molecule has 1 atom stereocenters. The fourth-order valence-electron chi connectivity index (χ4n) is 4.13. The van der Waals surface area contributed by atoms with Crippen molar-refractivity contribution in [1.29, 1.82) is 0 Å². The van der Waals surface area contributed by atoms with Crippen LogP contribution in [0.3, 0.4) is 0 Å². The van der Waals surface area contributed by atoms with E-state index in [4.69, 9.17) is 21.7 Å².